The summed E-state index contributed by atoms with van der Waals surface area (Å²) in [6.07, 6.45) is 9.85. The van der Waals surface area contributed by atoms with Crippen molar-refractivity contribution in [3.8, 4) is 0 Å². The van der Waals surface area contributed by atoms with Gasteiger partial charge in [0.25, 0.3) is 0 Å². The third-order valence-corrected chi connectivity index (χ3v) is 9.25. The fourth-order valence-electron chi connectivity index (χ4n) is 7.65. The highest BCUT2D eigenvalue weighted by atomic mass is 35.5. The van der Waals surface area contributed by atoms with E-state index in [2.05, 4.69) is 19.9 Å². The summed E-state index contributed by atoms with van der Waals surface area (Å²) in [5, 5.41) is -0.00543. The van der Waals surface area contributed by atoms with Gasteiger partial charge in [-0.15, -0.1) is 11.6 Å². The van der Waals surface area contributed by atoms with Crippen molar-refractivity contribution in [3.63, 3.8) is 0 Å². The monoisotopic (exact) mass is 392 g/mol. The zero-order valence-corrected chi connectivity index (χ0v) is 17.8. The summed E-state index contributed by atoms with van der Waals surface area (Å²) in [5.41, 5.74) is 1.79. The van der Waals surface area contributed by atoms with Gasteiger partial charge in [-0.05, 0) is 74.0 Å². The Labute approximate surface area is 168 Å². The summed E-state index contributed by atoms with van der Waals surface area (Å²) in [5.74, 6) is 1.98. The zero-order chi connectivity index (χ0) is 19.6. The molecule has 3 nitrogen and oxygen atoms in total. The molecule has 0 N–H and O–H groups in total. The fraction of sp³-hybridized carbons (Fsp3) is 0.826. The molecule has 0 aromatic carbocycles. The van der Waals surface area contributed by atoms with Crippen molar-refractivity contribution in [2.24, 2.45) is 34.5 Å². The Morgan fingerprint density at radius 3 is 2.56 bits per heavy atom. The van der Waals surface area contributed by atoms with Crippen LogP contribution in [0, 0.1) is 34.5 Å². The molecule has 4 rings (SSSR count). The van der Waals surface area contributed by atoms with Gasteiger partial charge in [0.1, 0.15) is 11.9 Å². The number of alkyl halides is 1. The Hall–Kier alpha value is -0.830. The van der Waals surface area contributed by atoms with Crippen LogP contribution >= 0.6 is 11.6 Å². The largest absolute Gasteiger partial charge is 0.462 e. The van der Waals surface area contributed by atoms with E-state index in [9.17, 15) is 9.59 Å². The Kier molecular flexibility index (Phi) is 4.77. The van der Waals surface area contributed by atoms with E-state index in [0.717, 1.165) is 38.5 Å². The van der Waals surface area contributed by atoms with Gasteiger partial charge in [-0.25, -0.2) is 0 Å². The smallest absolute Gasteiger partial charge is 0.302 e. The van der Waals surface area contributed by atoms with Crippen molar-refractivity contribution in [1.29, 1.82) is 0 Å². The molecule has 3 saturated carbocycles. The number of carbonyl (C=O) groups is 2. The van der Waals surface area contributed by atoms with Gasteiger partial charge >= 0.3 is 5.97 Å². The predicted molar refractivity (Wildman–Crippen MR) is 106 cm³/mol. The molecule has 0 spiro atoms. The molecule has 0 aromatic heterocycles. The van der Waals surface area contributed by atoms with Gasteiger partial charge in [0.15, 0.2) is 0 Å². The average Bonchev–Trinajstić information content (AvgIpc) is 2.85. The van der Waals surface area contributed by atoms with Crippen LogP contribution in [0.1, 0.15) is 72.6 Å². The van der Waals surface area contributed by atoms with E-state index in [4.69, 9.17) is 16.3 Å². The van der Waals surface area contributed by atoms with Crippen LogP contribution in [-0.2, 0) is 14.3 Å². The van der Waals surface area contributed by atoms with E-state index in [-0.39, 0.29) is 40.0 Å². The minimum Gasteiger partial charge on any atom is -0.462 e. The molecule has 0 aliphatic heterocycles. The van der Waals surface area contributed by atoms with E-state index in [1.165, 1.54) is 18.9 Å². The lowest BCUT2D eigenvalue weighted by atomic mass is 9.47. The highest BCUT2D eigenvalue weighted by Crippen LogP contribution is 2.67. The molecule has 0 saturated heterocycles. The number of rotatable bonds is 2. The van der Waals surface area contributed by atoms with Crippen LogP contribution in [0.25, 0.3) is 0 Å². The van der Waals surface area contributed by atoms with E-state index in [1.54, 1.807) is 6.92 Å². The first kappa shape index (κ1) is 19.5. The minimum absolute atomic E-state index is 0.00543. The van der Waals surface area contributed by atoms with Crippen LogP contribution in [0.2, 0.25) is 0 Å². The quantitative estimate of drug-likeness (QED) is 0.363. The van der Waals surface area contributed by atoms with E-state index in [0.29, 0.717) is 17.8 Å². The zero-order valence-electron chi connectivity index (χ0n) is 17.1. The van der Waals surface area contributed by atoms with E-state index < -0.39 is 0 Å². The first-order valence-corrected chi connectivity index (χ1v) is 11.1. The Morgan fingerprint density at radius 1 is 1.15 bits per heavy atom. The van der Waals surface area contributed by atoms with E-state index in [1.807, 2.05) is 0 Å². The summed E-state index contributed by atoms with van der Waals surface area (Å²) in [6.45, 7) is 8.02. The lowest BCUT2D eigenvalue weighted by Gasteiger charge is -2.57. The molecular weight excluding hydrogens is 360 g/mol. The van der Waals surface area contributed by atoms with Crippen molar-refractivity contribution in [3.05, 3.63) is 11.6 Å². The normalized spacial score (nSPS) is 48.7. The Bertz CT molecular complexity index is 685. The molecule has 8 unspecified atom stereocenters. The summed E-state index contributed by atoms with van der Waals surface area (Å²) >= 11 is 6.72. The highest BCUT2D eigenvalue weighted by Gasteiger charge is 2.61. The van der Waals surface area contributed by atoms with Gasteiger partial charge in [-0.3, -0.25) is 9.59 Å². The lowest BCUT2D eigenvalue weighted by molar-refractivity contribution is -0.149. The molecule has 0 aromatic rings. The number of hydrogen-bond acceptors (Lipinski definition) is 3. The summed E-state index contributed by atoms with van der Waals surface area (Å²) < 4.78 is 5.53. The van der Waals surface area contributed by atoms with Crippen LogP contribution in [0.3, 0.4) is 0 Å². The molecule has 0 heterocycles. The number of hydrogen-bond donors (Lipinski definition) is 0. The Morgan fingerprint density at radius 2 is 1.89 bits per heavy atom. The lowest BCUT2D eigenvalue weighted by Crippen LogP contribution is -2.51. The Balaban J connectivity index is 1.61. The molecular formula is C23H33ClO3. The molecule has 3 fully saturated rings. The van der Waals surface area contributed by atoms with Gasteiger partial charge in [0.05, 0.1) is 0 Å². The molecule has 4 heteroatoms. The average molecular weight is 393 g/mol. The number of esters is 1. The standard InChI is InChI=1S/C23H33ClO3/c1-13(25)21-20(24)12-19-17-6-5-15-11-16(27-14(2)26)7-9-22(15,3)18(17)8-10-23(19,21)4/h5,16-21H,6-12H2,1-4H3. The van der Waals surface area contributed by atoms with Crippen LogP contribution in [0.4, 0.5) is 0 Å². The first-order chi connectivity index (χ1) is 12.7. The maximum Gasteiger partial charge on any atom is 0.302 e. The van der Waals surface area contributed by atoms with Crippen LogP contribution in [0.15, 0.2) is 11.6 Å². The van der Waals surface area contributed by atoms with E-state index >= 15 is 0 Å². The second-order valence-corrected chi connectivity index (χ2v) is 10.7. The second kappa shape index (κ2) is 6.61. The number of fused-ring (bicyclic) bond motifs is 5. The van der Waals surface area contributed by atoms with Gasteiger partial charge in [0.2, 0.25) is 0 Å². The van der Waals surface area contributed by atoms with Crippen LogP contribution in [-0.4, -0.2) is 23.2 Å². The maximum atomic E-state index is 12.4. The van der Waals surface area contributed by atoms with Crippen molar-refractivity contribution in [2.75, 3.05) is 0 Å². The van der Waals surface area contributed by atoms with Crippen molar-refractivity contribution in [1.82, 2.24) is 0 Å². The van der Waals surface area contributed by atoms with Crippen LogP contribution < -0.4 is 0 Å². The minimum atomic E-state index is -0.166. The van der Waals surface area contributed by atoms with Crippen LogP contribution in [0.5, 0.6) is 0 Å². The van der Waals surface area contributed by atoms with Crippen molar-refractivity contribution >= 4 is 23.4 Å². The van der Waals surface area contributed by atoms with Gasteiger partial charge in [-0.2, -0.15) is 0 Å². The molecule has 0 bridgehead atoms. The molecule has 4 aliphatic rings. The number of halogens is 1. The van der Waals surface area contributed by atoms with Gasteiger partial charge in [0, 0.05) is 24.6 Å². The SMILES string of the molecule is CC(=O)OC1CCC2(C)C(=CCC3C2CCC2(C)C3CC(Cl)C2C(C)=O)C1. The highest BCUT2D eigenvalue weighted by molar-refractivity contribution is 6.22. The summed E-state index contributed by atoms with van der Waals surface area (Å²) in [7, 11) is 0. The fourth-order valence-corrected chi connectivity index (χ4v) is 8.31. The molecule has 4 aliphatic carbocycles. The van der Waals surface area contributed by atoms with Crippen molar-refractivity contribution < 1.29 is 14.3 Å². The van der Waals surface area contributed by atoms with Gasteiger partial charge < -0.3 is 4.74 Å². The number of Topliss-reactive ketones (excluding diaryl/α,β-unsaturated/α-hetero) is 1. The number of allylic oxidation sites excluding steroid dienone is 1. The number of carbonyl (C=O) groups excluding carboxylic acids is 2. The molecule has 27 heavy (non-hydrogen) atoms. The summed E-state index contributed by atoms with van der Waals surface area (Å²) in [4.78, 5) is 23.7. The third kappa shape index (κ3) is 2.91. The second-order valence-electron chi connectivity index (χ2n) is 10.1. The number of ether oxygens (including phenoxy) is 1. The summed E-state index contributed by atoms with van der Waals surface area (Å²) in [6, 6.07) is 0. The predicted octanol–water partition coefficient (Wildman–Crippen LogP) is 5.30. The first-order valence-electron chi connectivity index (χ1n) is 10.7. The maximum absolute atomic E-state index is 12.4. The third-order valence-electron chi connectivity index (χ3n) is 8.82. The molecule has 150 valence electrons. The topological polar surface area (TPSA) is 43.4 Å². The molecule has 0 amide bonds. The number of ketones is 1. The van der Waals surface area contributed by atoms with Crippen molar-refractivity contribution in [2.45, 2.75) is 84.1 Å². The molecule has 0 radical (unpaired) electrons. The van der Waals surface area contributed by atoms with Gasteiger partial charge in [-0.1, -0.05) is 25.5 Å². The molecule has 8 atom stereocenters.